The van der Waals surface area contributed by atoms with Crippen LogP contribution in [0.15, 0.2) is 17.0 Å². The van der Waals surface area contributed by atoms with Crippen molar-refractivity contribution in [2.75, 3.05) is 5.73 Å². The van der Waals surface area contributed by atoms with Gasteiger partial charge in [-0.25, -0.2) is 13.1 Å². The fraction of sp³-hybridized carbons (Fsp3) is 0.600. The summed E-state index contributed by atoms with van der Waals surface area (Å²) >= 11 is 0. The van der Waals surface area contributed by atoms with Crippen LogP contribution in [0.2, 0.25) is 0 Å². The molecule has 3 N–H and O–H groups in total. The summed E-state index contributed by atoms with van der Waals surface area (Å²) < 4.78 is 28.0. The summed E-state index contributed by atoms with van der Waals surface area (Å²) in [6.07, 6.45) is 2.80. The van der Waals surface area contributed by atoms with E-state index in [-0.39, 0.29) is 16.4 Å². The molecule has 0 aliphatic heterocycles. The third-order valence-electron chi connectivity index (χ3n) is 4.17. The van der Waals surface area contributed by atoms with Gasteiger partial charge < -0.3 is 5.73 Å². The molecule has 1 aromatic rings. The Hall–Kier alpha value is -1.07. The summed E-state index contributed by atoms with van der Waals surface area (Å²) in [5.41, 5.74) is 8.03. The Morgan fingerprint density at radius 1 is 1.25 bits per heavy atom. The zero-order chi connectivity index (χ0) is 15.1. The minimum atomic E-state index is -3.55. The first-order valence-corrected chi connectivity index (χ1v) is 8.49. The third-order valence-corrected chi connectivity index (χ3v) is 5.89. The molecule has 2 rings (SSSR count). The Kier molecular flexibility index (Phi) is 3.86. The van der Waals surface area contributed by atoms with Crippen molar-refractivity contribution in [3.63, 3.8) is 0 Å². The lowest BCUT2D eigenvalue weighted by molar-refractivity contribution is 0.372. The van der Waals surface area contributed by atoms with Crippen LogP contribution in [-0.4, -0.2) is 14.5 Å². The SMILES string of the molecule is Cc1ccc(C)c(S(=O)(=O)NC2CCC(C)(C)C2)c1N. The third kappa shape index (κ3) is 2.99. The summed E-state index contributed by atoms with van der Waals surface area (Å²) in [6.45, 7) is 7.95. The predicted molar refractivity (Wildman–Crippen MR) is 82.1 cm³/mol. The van der Waals surface area contributed by atoms with Crippen molar-refractivity contribution in [1.29, 1.82) is 0 Å². The van der Waals surface area contributed by atoms with E-state index in [4.69, 9.17) is 5.73 Å². The van der Waals surface area contributed by atoms with Crippen LogP contribution in [0.3, 0.4) is 0 Å². The Labute approximate surface area is 121 Å². The summed E-state index contributed by atoms with van der Waals surface area (Å²) in [4.78, 5) is 0.238. The molecule has 0 aromatic heterocycles. The Balaban J connectivity index is 2.31. The molecule has 5 heteroatoms. The van der Waals surface area contributed by atoms with Crippen molar-refractivity contribution in [1.82, 2.24) is 4.72 Å². The van der Waals surface area contributed by atoms with Gasteiger partial charge in [-0.3, -0.25) is 0 Å². The highest BCUT2D eigenvalue weighted by atomic mass is 32.2. The number of aryl methyl sites for hydroxylation is 2. The number of hydrogen-bond acceptors (Lipinski definition) is 3. The van der Waals surface area contributed by atoms with Crippen molar-refractivity contribution in [3.05, 3.63) is 23.3 Å². The van der Waals surface area contributed by atoms with Gasteiger partial charge in [0.15, 0.2) is 0 Å². The van der Waals surface area contributed by atoms with E-state index < -0.39 is 10.0 Å². The molecule has 20 heavy (non-hydrogen) atoms. The summed E-state index contributed by atoms with van der Waals surface area (Å²) in [7, 11) is -3.55. The number of nitrogen functional groups attached to an aromatic ring is 1. The van der Waals surface area contributed by atoms with Gasteiger partial charge in [0, 0.05) is 6.04 Å². The topological polar surface area (TPSA) is 72.2 Å². The standard InChI is InChI=1S/C15H24N2O2S/c1-10-5-6-11(2)14(13(10)16)20(18,19)17-12-7-8-15(3,4)9-12/h5-6,12,17H,7-9,16H2,1-4H3. The molecule has 0 spiro atoms. The van der Waals surface area contributed by atoms with Crippen LogP contribution in [0.1, 0.15) is 44.2 Å². The largest absolute Gasteiger partial charge is 0.397 e. The zero-order valence-corrected chi connectivity index (χ0v) is 13.5. The van der Waals surface area contributed by atoms with Crippen molar-refractivity contribution < 1.29 is 8.42 Å². The molecule has 1 atom stereocenters. The molecular formula is C15H24N2O2S. The number of benzene rings is 1. The van der Waals surface area contributed by atoms with E-state index in [1.807, 2.05) is 13.0 Å². The smallest absolute Gasteiger partial charge is 0.243 e. The van der Waals surface area contributed by atoms with Crippen LogP contribution >= 0.6 is 0 Å². The van der Waals surface area contributed by atoms with E-state index in [1.165, 1.54) is 0 Å². The van der Waals surface area contributed by atoms with Gasteiger partial charge in [0.2, 0.25) is 10.0 Å². The number of nitrogens with two attached hydrogens (primary N) is 1. The van der Waals surface area contributed by atoms with Crippen molar-refractivity contribution in [2.45, 2.75) is 57.9 Å². The Morgan fingerprint density at radius 3 is 2.40 bits per heavy atom. The molecule has 0 saturated heterocycles. The quantitative estimate of drug-likeness (QED) is 0.842. The van der Waals surface area contributed by atoms with Gasteiger partial charge in [-0.05, 0) is 49.7 Å². The highest BCUT2D eigenvalue weighted by molar-refractivity contribution is 7.89. The van der Waals surface area contributed by atoms with E-state index in [2.05, 4.69) is 18.6 Å². The molecule has 1 aromatic carbocycles. The van der Waals surface area contributed by atoms with Crippen LogP contribution in [0, 0.1) is 19.3 Å². The van der Waals surface area contributed by atoms with E-state index in [9.17, 15) is 8.42 Å². The second kappa shape index (κ2) is 5.04. The Bertz CT molecular complexity index is 621. The molecule has 4 nitrogen and oxygen atoms in total. The second-order valence-electron chi connectivity index (χ2n) is 6.67. The Morgan fingerprint density at radius 2 is 1.85 bits per heavy atom. The molecule has 1 fully saturated rings. The van der Waals surface area contributed by atoms with Gasteiger partial charge in [0.25, 0.3) is 0 Å². The predicted octanol–water partition coefficient (Wildman–Crippen LogP) is 2.74. The van der Waals surface area contributed by atoms with Crippen LogP contribution in [0.5, 0.6) is 0 Å². The molecule has 1 unspecified atom stereocenters. The van der Waals surface area contributed by atoms with E-state index >= 15 is 0 Å². The van der Waals surface area contributed by atoms with E-state index in [0.29, 0.717) is 11.3 Å². The molecule has 112 valence electrons. The lowest BCUT2D eigenvalue weighted by Gasteiger charge is -2.19. The van der Waals surface area contributed by atoms with Gasteiger partial charge >= 0.3 is 0 Å². The first-order chi connectivity index (χ1) is 9.12. The lowest BCUT2D eigenvalue weighted by Crippen LogP contribution is -2.34. The number of anilines is 1. The van der Waals surface area contributed by atoms with Gasteiger partial charge in [0.1, 0.15) is 4.90 Å². The number of nitrogens with one attached hydrogen (secondary N) is 1. The minimum absolute atomic E-state index is 0.00862. The average Bonchev–Trinajstić information content (AvgIpc) is 2.62. The molecule has 0 amide bonds. The molecule has 0 radical (unpaired) electrons. The van der Waals surface area contributed by atoms with Gasteiger partial charge in [-0.2, -0.15) is 0 Å². The fourth-order valence-electron chi connectivity index (χ4n) is 2.98. The van der Waals surface area contributed by atoms with Gasteiger partial charge in [-0.15, -0.1) is 0 Å². The molecule has 1 aliphatic rings. The van der Waals surface area contributed by atoms with Crippen LogP contribution in [-0.2, 0) is 10.0 Å². The molecule has 0 heterocycles. The van der Waals surface area contributed by atoms with Crippen LogP contribution in [0.25, 0.3) is 0 Å². The zero-order valence-electron chi connectivity index (χ0n) is 12.7. The maximum atomic E-state index is 12.6. The summed E-state index contributed by atoms with van der Waals surface area (Å²) in [6, 6.07) is 3.66. The maximum absolute atomic E-state index is 12.6. The van der Waals surface area contributed by atoms with Gasteiger partial charge in [-0.1, -0.05) is 26.0 Å². The van der Waals surface area contributed by atoms with Crippen molar-refractivity contribution >= 4 is 15.7 Å². The van der Waals surface area contributed by atoms with E-state index in [0.717, 1.165) is 24.8 Å². The average molecular weight is 296 g/mol. The fourth-order valence-corrected chi connectivity index (χ4v) is 4.68. The number of rotatable bonds is 3. The maximum Gasteiger partial charge on any atom is 0.243 e. The van der Waals surface area contributed by atoms with E-state index in [1.54, 1.807) is 13.0 Å². The molecule has 1 saturated carbocycles. The highest BCUT2D eigenvalue weighted by Crippen LogP contribution is 2.38. The van der Waals surface area contributed by atoms with Gasteiger partial charge in [0.05, 0.1) is 5.69 Å². The van der Waals surface area contributed by atoms with Crippen LogP contribution in [0.4, 0.5) is 5.69 Å². The second-order valence-corrected chi connectivity index (χ2v) is 8.32. The first-order valence-electron chi connectivity index (χ1n) is 7.00. The van der Waals surface area contributed by atoms with Crippen molar-refractivity contribution in [3.8, 4) is 0 Å². The minimum Gasteiger partial charge on any atom is -0.397 e. The molecule has 0 bridgehead atoms. The summed E-state index contributed by atoms with van der Waals surface area (Å²) in [5.74, 6) is 0. The number of hydrogen-bond donors (Lipinski definition) is 2. The highest BCUT2D eigenvalue weighted by Gasteiger charge is 2.34. The lowest BCUT2D eigenvalue weighted by atomic mass is 9.92. The summed E-state index contributed by atoms with van der Waals surface area (Å²) in [5, 5.41) is 0. The number of sulfonamides is 1. The molecule has 1 aliphatic carbocycles. The first kappa shape index (κ1) is 15.3. The molecular weight excluding hydrogens is 272 g/mol. The monoisotopic (exact) mass is 296 g/mol. The van der Waals surface area contributed by atoms with Crippen molar-refractivity contribution in [2.24, 2.45) is 5.41 Å². The normalized spacial score (nSPS) is 22.1. The van der Waals surface area contributed by atoms with Crippen LogP contribution < -0.4 is 10.5 Å².